The van der Waals surface area contributed by atoms with E-state index in [4.69, 9.17) is 9.47 Å². The molecule has 0 spiro atoms. The van der Waals surface area contributed by atoms with Crippen molar-refractivity contribution in [2.75, 3.05) is 4.90 Å². The number of rotatable bonds is 3. The van der Waals surface area contributed by atoms with Crippen molar-refractivity contribution in [2.24, 2.45) is 0 Å². The lowest BCUT2D eigenvalue weighted by Gasteiger charge is -2.35. The quantitative estimate of drug-likeness (QED) is 0.231. The highest BCUT2D eigenvalue weighted by atomic mass is 32.1. The van der Waals surface area contributed by atoms with Gasteiger partial charge in [0, 0.05) is 33.7 Å². The molecule has 0 unspecified atom stereocenters. The third kappa shape index (κ3) is 3.11. The van der Waals surface area contributed by atoms with Gasteiger partial charge < -0.3 is 14.4 Å². The molecule has 9 rings (SSSR count). The van der Waals surface area contributed by atoms with Crippen molar-refractivity contribution >= 4 is 61.6 Å². The Hall–Kier alpha value is -4.48. The van der Waals surface area contributed by atoms with E-state index in [1.165, 1.54) is 32.1 Å². The predicted octanol–water partition coefficient (Wildman–Crippen LogP) is 7.20. The number of ether oxygens (including phenoxy) is 2. The van der Waals surface area contributed by atoms with E-state index in [9.17, 15) is 0 Å². The van der Waals surface area contributed by atoms with E-state index in [0.717, 1.165) is 57.7 Å². The molecule has 6 aromatic rings. The molecule has 3 aliphatic rings. The second-order valence-electron chi connectivity index (χ2n) is 10.5. The van der Waals surface area contributed by atoms with Crippen LogP contribution in [0.1, 0.15) is 11.1 Å². The summed E-state index contributed by atoms with van der Waals surface area (Å²) in [5.41, 5.74) is 9.69. The van der Waals surface area contributed by atoms with Gasteiger partial charge in [0.25, 0.3) is 6.71 Å². The molecular weight excluding hydrogens is 497 g/mol. The van der Waals surface area contributed by atoms with Gasteiger partial charge in [0.2, 0.25) is 0 Å². The Morgan fingerprint density at radius 3 is 1.95 bits per heavy atom. The molecule has 5 heteroatoms. The van der Waals surface area contributed by atoms with Crippen LogP contribution in [0.5, 0.6) is 22.3 Å². The molecule has 2 aliphatic heterocycles. The fourth-order valence-corrected chi connectivity index (χ4v) is 7.50. The summed E-state index contributed by atoms with van der Waals surface area (Å²) in [5, 5.41) is 2.26. The molecule has 1 aliphatic carbocycles. The SMILES string of the molecule is c1ccc(N(c2ccccc2)c2cc3c4c(c2)Oc2sc5ccccc5c2B4c2cc4c(cc2O3)CC4)cc1. The molecule has 39 heavy (non-hydrogen) atoms. The minimum atomic E-state index is 0.0838. The summed E-state index contributed by atoms with van der Waals surface area (Å²) in [6.07, 6.45) is 2.27. The largest absolute Gasteiger partial charge is 0.458 e. The summed E-state index contributed by atoms with van der Waals surface area (Å²) in [6, 6.07) is 38.7. The van der Waals surface area contributed by atoms with Crippen molar-refractivity contribution in [2.45, 2.75) is 12.8 Å². The fourth-order valence-electron chi connectivity index (χ4n) is 6.39. The number of thiophene rings is 1. The first-order chi connectivity index (χ1) is 19.3. The molecule has 0 fully saturated rings. The van der Waals surface area contributed by atoms with E-state index in [0.29, 0.717) is 0 Å². The summed E-state index contributed by atoms with van der Waals surface area (Å²) >= 11 is 1.74. The summed E-state index contributed by atoms with van der Waals surface area (Å²) in [7, 11) is 0. The molecule has 0 atom stereocenters. The van der Waals surface area contributed by atoms with Gasteiger partial charge in [0.05, 0.1) is 5.69 Å². The lowest BCUT2D eigenvalue weighted by molar-refractivity contribution is 0.469. The van der Waals surface area contributed by atoms with Crippen LogP contribution in [0.25, 0.3) is 10.1 Å². The minimum Gasteiger partial charge on any atom is -0.458 e. The second kappa shape index (κ2) is 8.01. The van der Waals surface area contributed by atoms with Crippen LogP contribution in [-0.2, 0) is 12.8 Å². The van der Waals surface area contributed by atoms with Crippen molar-refractivity contribution in [3.05, 3.63) is 120 Å². The first kappa shape index (κ1) is 21.5. The topological polar surface area (TPSA) is 21.7 Å². The highest BCUT2D eigenvalue weighted by Gasteiger charge is 2.43. The number of fused-ring (bicyclic) bond motifs is 7. The third-order valence-corrected chi connectivity index (χ3v) is 9.35. The van der Waals surface area contributed by atoms with Gasteiger partial charge in [-0.15, -0.1) is 0 Å². The zero-order valence-electron chi connectivity index (χ0n) is 21.1. The van der Waals surface area contributed by atoms with Gasteiger partial charge in [0.15, 0.2) is 5.06 Å². The summed E-state index contributed by atoms with van der Waals surface area (Å²) in [4.78, 5) is 2.27. The highest BCUT2D eigenvalue weighted by molar-refractivity contribution is 7.24. The van der Waals surface area contributed by atoms with Gasteiger partial charge in [-0.25, -0.2) is 0 Å². The number of nitrogens with zero attached hydrogens (tertiary/aromatic N) is 1. The summed E-state index contributed by atoms with van der Waals surface area (Å²) in [5.74, 6) is 2.72. The van der Waals surface area contributed by atoms with Gasteiger partial charge in [-0.3, -0.25) is 0 Å². The number of hydrogen-bond acceptors (Lipinski definition) is 4. The van der Waals surface area contributed by atoms with E-state index in [2.05, 4.69) is 114 Å². The van der Waals surface area contributed by atoms with Crippen molar-refractivity contribution in [3.8, 4) is 22.3 Å². The van der Waals surface area contributed by atoms with Crippen LogP contribution in [-0.4, -0.2) is 6.71 Å². The third-order valence-electron chi connectivity index (χ3n) is 8.28. The van der Waals surface area contributed by atoms with E-state index < -0.39 is 0 Å². The van der Waals surface area contributed by atoms with Crippen LogP contribution >= 0.6 is 11.3 Å². The Labute approximate surface area is 231 Å². The Kier molecular flexibility index (Phi) is 4.41. The maximum Gasteiger partial charge on any atom is 0.262 e. The van der Waals surface area contributed by atoms with Crippen LogP contribution < -0.4 is 30.8 Å². The number of aryl methyl sites for hydroxylation is 2. The van der Waals surface area contributed by atoms with Gasteiger partial charge in [0.1, 0.15) is 17.2 Å². The van der Waals surface area contributed by atoms with Gasteiger partial charge >= 0.3 is 0 Å². The Balaban J connectivity index is 1.31. The molecule has 5 aromatic carbocycles. The Morgan fingerprint density at radius 1 is 0.590 bits per heavy atom. The average Bonchev–Trinajstić information content (AvgIpc) is 3.33. The molecule has 0 amide bonds. The predicted molar refractivity (Wildman–Crippen MR) is 162 cm³/mol. The minimum absolute atomic E-state index is 0.0838. The average molecular weight is 519 g/mol. The van der Waals surface area contributed by atoms with Crippen LogP contribution in [0.2, 0.25) is 0 Å². The number of anilines is 3. The van der Waals surface area contributed by atoms with E-state index in [1.54, 1.807) is 11.3 Å². The molecule has 0 bridgehead atoms. The number of hydrogen-bond donors (Lipinski definition) is 0. The first-order valence-electron chi connectivity index (χ1n) is 13.4. The normalized spacial score (nSPS) is 13.8. The Morgan fingerprint density at radius 2 is 1.23 bits per heavy atom. The molecule has 3 heterocycles. The first-order valence-corrected chi connectivity index (χ1v) is 14.2. The lowest BCUT2D eigenvalue weighted by Crippen LogP contribution is -2.57. The highest BCUT2D eigenvalue weighted by Crippen LogP contribution is 2.45. The zero-order valence-corrected chi connectivity index (χ0v) is 21.9. The van der Waals surface area contributed by atoms with Gasteiger partial charge in [-0.1, -0.05) is 72.0 Å². The zero-order chi connectivity index (χ0) is 25.5. The number of benzene rings is 5. The van der Waals surface area contributed by atoms with Crippen LogP contribution in [0.15, 0.2) is 109 Å². The molecule has 3 nitrogen and oxygen atoms in total. The van der Waals surface area contributed by atoms with E-state index >= 15 is 0 Å². The second-order valence-corrected chi connectivity index (χ2v) is 11.5. The maximum atomic E-state index is 6.77. The number of para-hydroxylation sites is 2. The summed E-state index contributed by atoms with van der Waals surface area (Å²) < 4.78 is 14.8. The van der Waals surface area contributed by atoms with Crippen molar-refractivity contribution in [1.82, 2.24) is 0 Å². The van der Waals surface area contributed by atoms with Gasteiger partial charge in [-0.2, -0.15) is 0 Å². The molecule has 0 radical (unpaired) electrons. The lowest BCUT2D eigenvalue weighted by atomic mass is 9.34. The van der Waals surface area contributed by atoms with E-state index in [-0.39, 0.29) is 6.71 Å². The smallest absolute Gasteiger partial charge is 0.262 e. The molecular formula is C34H22BNO2S. The van der Waals surface area contributed by atoms with Crippen LogP contribution in [0, 0.1) is 0 Å². The molecule has 0 N–H and O–H groups in total. The molecule has 0 saturated carbocycles. The molecule has 184 valence electrons. The van der Waals surface area contributed by atoms with E-state index in [1.807, 2.05) is 0 Å². The molecule has 1 aromatic heterocycles. The Bertz CT molecular complexity index is 1890. The van der Waals surface area contributed by atoms with Crippen molar-refractivity contribution < 1.29 is 9.47 Å². The van der Waals surface area contributed by atoms with Crippen molar-refractivity contribution in [1.29, 1.82) is 0 Å². The van der Waals surface area contributed by atoms with Gasteiger partial charge in [-0.05, 0) is 76.7 Å². The summed E-state index contributed by atoms with van der Waals surface area (Å²) in [6.45, 7) is 0.0838. The standard InChI is InChI=1S/C34H22BNO2S/c1-3-9-23(10-4-1)36(24-11-5-2-6-12-24)25-19-29-33-30(20-25)38-34-32(26-13-7-8-14-31(26)39-34)35(33)27-17-21-15-16-22(21)18-28(27)37-29/h1-14,17-20H,15-16H2. The van der Waals surface area contributed by atoms with Crippen LogP contribution in [0.3, 0.4) is 0 Å². The van der Waals surface area contributed by atoms with Crippen molar-refractivity contribution in [3.63, 3.8) is 0 Å². The fraction of sp³-hybridized carbons (Fsp3) is 0.0588. The van der Waals surface area contributed by atoms with Crippen LogP contribution in [0.4, 0.5) is 17.1 Å². The molecule has 0 saturated heterocycles. The monoisotopic (exact) mass is 519 g/mol. The maximum absolute atomic E-state index is 6.77.